The number of carbonyl (C=O) groups excluding carboxylic acids is 1. The van der Waals surface area contributed by atoms with Crippen molar-refractivity contribution in [2.75, 3.05) is 0 Å². The number of hydrogen-bond acceptors (Lipinski definition) is 1. The minimum atomic E-state index is -0.0674. The summed E-state index contributed by atoms with van der Waals surface area (Å²) in [5.41, 5.74) is 1.84. The molecule has 2 aromatic carbocycles. The van der Waals surface area contributed by atoms with E-state index < -0.39 is 0 Å². The number of hydrogen-bond donors (Lipinski definition) is 1. The van der Waals surface area contributed by atoms with Crippen LogP contribution in [0.5, 0.6) is 0 Å². The minimum Gasteiger partial charge on any atom is -0.349 e. The molecule has 2 aromatic rings. The van der Waals surface area contributed by atoms with Crippen molar-refractivity contribution >= 4 is 29.1 Å². The fourth-order valence-electron chi connectivity index (χ4n) is 1.94. The molecule has 2 nitrogen and oxygen atoms in total. The molecule has 0 aliphatic carbocycles. The predicted octanol–water partition coefficient (Wildman–Crippen LogP) is 4.41. The molecule has 1 unspecified atom stereocenters. The average molecular weight is 308 g/mol. The van der Waals surface area contributed by atoms with Gasteiger partial charge < -0.3 is 5.32 Å². The van der Waals surface area contributed by atoms with Crippen LogP contribution in [0, 0.1) is 0 Å². The van der Waals surface area contributed by atoms with E-state index >= 15 is 0 Å². The summed E-state index contributed by atoms with van der Waals surface area (Å²) in [5.74, 6) is -0.0550. The van der Waals surface area contributed by atoms with Crippen LogP contribution >= 0.6 is 23.2 Å². The molecule has 2 rings (SSSR count). The van der Waals surface area contributed by atoms with Crippen molar-refractivity contribution in [3.05, 3.63) is 69.7 Å². The second kappa shape index (κ2) is 6.78. The molecular weight excluding hydrogens is 293 g/mol. The van der Waals surface area contributed by atoms with Gasteiger partial charge in [-0.3, -0.25) is 4.79 Å². The van der Waals surface area contributed by atoms with Crippen LogP contribution in [0.3, 0.4) is 0 Å². The van der Waals surface area contributed by atoms with Crippen LogP contribution in [0.25, 0.3) is 0 Å². The predicted molar refractivity (Wildman–Crippen MR) is 83.2 cm³/mol. The lowest BCUT2D eigenvalue weighted by Crippen LogP contribution is -2.28. The largest absolute Gasteiger partial charge is 0.349 e. The molecule has 0 saturated heterocycles. The minimum absolute atomic E-state index is 0.0550. The quantitative estimate of drug-likeness (QED) is 0.890. The van der Waals surface area contributed by atoms with Gasteiger partial charge in [-0.2, -0.15) is 0 Å². The second-order valence-electron chi connectivity index (χ2n) is 4.61. The van der Waals surface area contributed by atoms with E-state index in [9.17, 15) is 4.79 Å². The van der Waals surface area contributed by atoms with Crippen LogP contribution in [-0.2, 0) is 11.2 Å². The first-order valence-electron chi connectivity index (χ1n) is 6.34. The number of amides is 1. The normalized spacial score (nSPS) is 11.9. The molecule has 0 radical (unpaired) electrons. The Morgan fingerprint density at radius 3 is 2.40 bits per heavy atom. The third kappa shape index (κ3) is 3.99. The van der Waals surface area contributed by atoms with Gasteiger partial charge >= 0.3 is 0 Å². The van der Waals surface area contributed by atoms with E-state index in [0.29, 0.717) is 10.0 Å². The summed E-state index contributed by atoms with van der Waals surface area (Å²) in [6, 6.07) is 14.7. The van der Waals surface area contributed by atoms with E-state index in [1.807, 2.05) is 49.4 Å². The van der Waals surface area contributed by atoms with Crippen molar-refractivity contribution in [3.63, 3.8) is 0 Å². The summed E-state index contributed by atoms with van der Waals surface area (Å²) in [7, 11) is 0. The van der Waals surface area contributed by atoms with E-state index in [1.54, 1.807) is 6.07 Å². The van der Waals surface area contributed by atoms with Gasteiger partial charge in [0.15, 0.2) is 0 Å². The van der Waals surface area contributed by atoms with Gasteiger partial charge in [0.25, 0.3) is 0 Å². The molecule has 0 aromatic heterocycles. The Labute approximate surface area is 128 Å². The molecule has 4 heteroatoms. The van der Waals surface area contributed by atoms with Gasteiger partial charge in [-0.1, -0.05) is 53.5 Å². The molecular formula is C16H15Cl2NO. The molecule has 0 aliphatic rings. The van der Waals surface area contributed by atoms with E-state index in [-0.39, 0.29) is 18.4 Å². The summed E-state index contributed by atoms with van der Waals surface area (Å²) < 4.78 is 0. The fourth-order valence-corrected chi connectivity index (χ4v) is 2.27. The second-order valence-corrected chi connectivity index (χ2v) is 5.45. The maximum Gasteiger partial charge on any atom is 0.224 e. The number of halogens is 2. The van der Waals surface area contributed by atoms with E-state index in [2.05, 4.69) is 5.32 Å². The Bertz CT molecular complexity index is 596. The maximum atomic E-state index is 12.0. The molecule has 104 valence electrons. The summed E-state index contributed by atoms with van der Waals surface area (Å²) in [4.78, 5) is 12.0. The van der Waals surface area contributed by atoms with Crippen molar-refractivity contribution in [2.24, 2.45) is 0 Å². The highest BCUT2D eigenvalue weighted by Gasteiger charge is 2.11. The van der Waals surface area contributed by atoms with E-state index in [1.165, 1.54) is 0 Å². The summed E-state index contributed by atoms with van der Waals surface area (Å²) in [5, 5.41) is 4.25. The highest BCUT2D eigenvalue weighted by molar-refractivity contribution is 6.31. The van der Waals surface area contributed by atoms with Crippen LogP contribution in [0.4, 0.5) is 0 Å². The summed E-state index contributed by atoms with van der Waals surface area (Å²) in [6.45, 7) is 1.94. The molecule has 0 heterocycles. The van der Waals surface area contributed by atoms with E-state index in [0.717, 1.165) is 11.1 Å². The molecule has 20 heavy (non-hydrogen) atoms. The highest BCUT2D eigenvalue weighted by Crippen LogP contribution is 2.18. The fraction of sp³-hybridized carbons (Fsp3) is 0.188. The molecule has 1 amide bonds. The van der Waals surface area contributed by atoms with Gasteiger partial charge in [0.05, 0.1) is 12.5 Å². The van der Waals surface area contributed by atoms with Gasteiger partial charge in [-0.15, -0.1) is 0 Å². The zero-order valence-electron chi connectivity index (χ0n) is 11.1. The molecule has 0 spiro atoms. The standard InChI is InChI=1S/C16H15Cl2NO/c1-11(12-6-8-14(17)9-7-12)19-16(20)10-13-4-2-3-5-15(13)18/h2-9,11H,10H2,1H3,(H,19,20). The first-order chi connectivity index (χ1) is 9.56. The van der Waals surface area contributed by atoms with Crippen LogP contribution in [0.2, 0.25) is 10.0 Å². The lowest BCUT2D eigenvalue weighted by Gasteiger charge is -2.14. The van der Waals surface area contributed by atoms with Gasteiger partial charge in [0, 0.05) is 10.0 Å². The summed E-state index contributed by atoms with van der Waals surface area (Å²) >= 11 is 11.9. The number of benzene rings is 2. The average Bonchev–Trinajstić information content (AvgIpc) is 2.42. The SMILES string of the molecule is CC(NC(=O)Cc1ccccc1Cl)c1ccc(Cl)cc1. The lowest BCUT2D eigenvalue weighted by molar-refractivity contribution is -0.121. The monoisotopic (exact) mass is 307 g/mol. The Morgan fingerprint density at radius 1 is 1.10 bits per heavy atom. The van der Waals surface area contributed by atoms with Crippen molar-refractivity contribution in [1.29, 1.82) is 0 Å². The maximum absolute atomic E-state index is 12.0. The van der Waals surface area contributed by atoms with Crippen molar-refractivity contribution in [3.8, 4) is 0 Å². The summed E-state index contributed by atoms with van der Waals surface area (Å²) in [6.07, 6.45) is 0.275. The zero-order chi connectivity index (χ0) is 14.5. The van der Waals surface area contributed by atoms with Crippen LogP contribution in [-0.4, -0.2) is 5.91 Å². The van der Waals surface area contributed by atoms with Gasteiger partial charge in [-0.05, 0) is 36.2 Å². The lowest BCUT2D eigenvalue weighted by atomic mass is 10.1. The third-order valence-corrected chi connectivity index (χ3v) is 3.68. The van der Waals surface area contributed by atoms with Crippen molar-refractivity contribution < 1.29 is 4.79 Å². The Hall–Kier alpha value is -1.51. The van der Waals surface area contributed by atoms with Crippen LogP contribution < -0.4 is 5.32 Å². The van der Waals surface area contributed by atoms with Crippen LogP contribution in [0.15, 0.2) is 48.5 Å². The first-order valence-corrected chi connectivity index (χ1v) is 7.10. The van der Waals surface area contributed by atoms with Crippen molar-refractivity contribution in [1.82, 2.24) is 5.32 Å². The number of carbonyl (C=O) groups is 1. The molecule has 0 bridgehead atoms. The Morgan fingerprint density at radius 2 is 1.75 bits per heavy atom. The van der Waals surface area contributed by atoms with Gasteiger partial charge in [-0.25, -0.2) is 0 Å². The van der Waals surface area contributed by atoms with E-state index in [4.69, 9.17) is 23.2 Å². The van der Waals surface area contributed by atoms with Gasteiger partial charge in [0.1, 0.15) is 0 Å². The number of rotatable bonds is 4. The molecule has 0 aliphatic heterocycles. The molecule has 0 saturated carbocycles. The Kier molecular flexibility index (Phi) is 5.05. The zero-order valence-corrected chi connectivity index (χ0v) is 12.6. The first kappa shape index (κ1) is 14.9. The van der Waals surface area contributed by atoms with Crippen LogP contribution in [0.1, 0.15) is 24.1 Å². The number of nitrogens with one attached hydrogen (secondary N) is 1. The highest BCUT2D eigenvalue weighted by atomic mass is 35.5. The van der Waals surface area contributed by atoms with Crippen molar-refractivity contribution in [2.45, 2.75) is 19.4 Å². The molecule has 1 atom stereocenters. The Balaban J connectivity index is 1.98. The molecule has 0 fully saturated rings. The topological polar surface area (TPSA) is 29.1 Å². The third-order valence-electron chi connectivity index (χ3n) is 3.06. The molecule has 1 N–H and O–H groups in total. The van der Waals surface area contributed by atoms with Gasteiger partial charge in [0.2, 0.25) is 5.91 Å². The smallest absolute Gasteiger partial charge is 0.224 e.